The van der Waals surface area contributed by atoms with E-state index in [4.69, 9.17) is 15.3 Å². The predicted molar refractivity (Wildman–Crippen MR) is 35.3 cm³/mol. The molecular formula is C6H14O4. The molecule has 0 radical (unpaired) electrons. The third kappa shape index (κ3) is 4.69. The predicted octanol–water partition coefficient (Wildman–Crippen LogP) is -0.915. The Morgan fingerprint density at radius 1 is 1.40 bits per heavy atom. The molecule has 0 aliphatic carbocycles. The smallest absolute Gasteiger partial charge is 0.180 e. The maximum Gasteiger partial charge on any atom is 0.180 e. The van der Waals surface area contributed by atoms with Crippen LogP contribution in [0.4, 0.5) is 0 Å². The van der Waals surface area contributed by atoms with E-state index >= 15 is 0 Å². The van der Waals surface area contributed by atoms with Gasteiger partial charge in [-0.2, -0.15) is 0 Å². The monoisotopic (exact) mass is 150 g/mol. The van der Waals surface area contributed by atoms with E-state index in [2.05, 4.69) is 4.74 Å². The molecule has 0 heterocycles. The molecule has 0 fully saturated rings. The largest absolute Gasteiger partial charge is 0.396 e. The number of aliphatic hydroxyl groups is 3. The van der Waals surface area contributed by atoms with Gasteiger partial charge in [-0.25, -0.2) is 0 Å². The average Bonchev–Trinajstić information content (AvgIpc) is 1.88. The van der Waals surface area contributed by atoms with Gasteiger partial charge in [0.25, 0.3) is 0 Å². The Kier molecular flexibility index (Phi) is 5.52. The van der Waals surface area contributed by atoms with Gasteiger partial charge in [0.05, 0.1) is 6.61 Å². The highest BCUT2D eigenvalue weighted by molar-refractivity contribution is 4.48. The van der Waals surface area contributed by atoms with Gasteiger partial charge in [0, 0.05) is 6.61 Å². The maximum atomic E-state index is 8.80. The van der Waals surface area contributed by atoms with Crippen molar-refractivity contribution >= 4 is 0 Å². The van der Waals surface area contributed by atoms with Crippen LogP contribution in [0.3, 0.4) is 0 Å². The standard InChI is InChI=1S/C6H14O4/c1-5(8)6(9)10-4-2-3-7/h5-9H,2-4H2,1H3. The highest BCUT2D eigenvalue weighted by atomic mass is 16.6. The van der Waals surface area contributed by atoms with E-state index in [0.29, 0.717) is 6.42 Å². The normalized spacial score (nSPS) is 16.8. The molecule has 62 valence electrons. The van der Waals surface area contributed by atoms with Gasteiger partial charge in [-0.15, -0.1) is 0 Å². The van der Waals surface area contributed by atoms with E-state index in [1.807, 2.05) is 0 Å². The quantitative estimate of drug-likeness (QED) is 0.350. The maximum absolute atomic E-state index is 8.80. The number of aliphatic hydroxyl groups excluding tert-OH is 3. The van der Waals surface area contributed by atoms with Crippen molar-refractivity contribution in [3.8, 4) is 0 Å². The van der Waals surface area contributed by atoms with E-state index < -0.39 is 12.4 Å². The molecule has 0 aliphatic rings. The summed E-state index contributed by atoms with van der Waals surface area (Å²) < 4.78 is 4.69. The second kappa shape index (κ2) is 5.61. The van der Waals surface area contributed by atoms with Crippen LogP contribution in [0.2, 0.25) is 0 Å². The van der Waals surface area contributed by atoms with E-state index in [1.54, 1.807) is 0 Å². The molecule has 10 heavy (non-hydrogen) atoms. The lowest BCUT2D eigenvalue weighted by molar-refractivity contribution is -0.157. The van der Waals surface area contributed by atoms with Crippen LogP contribution in [0.25, 0.3) is 0 Å². The van der Waals surface area contributed by atoms with Gasteiger partial charge < -0.3 is 20.1 Å². The Hall–Kier alpha value is -0.160. The van der Waals surface area contributed by atoms with Gasteiger partial charge in [0.15, 0.2) is 6.29 Å². The molecule has 0 saturated heterocycles. The van der Waals surface area contributed by atoms with Crippen LogP contribution in [0, 0.1) is 0 Å². The zero-order valence-corrected chi connectivity index (χ0v) is 6.03. The lowest BCUT2D eigenvalue weighted by atomic mass is 10.4. The summed E-state index contributed by atoms with van der Waals surface area (Å²) in [5, 5.41) is 25.8. The number of hydrogen-bond donors (Lipinski definition) is 3. The molecule has 0 rings (SSSR count). The third-order valence-electron chi connectivity index (χ3n) is 1.00. The fourth-order valence-corrected chi connectivity index (χ4v) is 0.408. The van der Waals surface area contributed by atoms with Crippen LogP contribution in [0.5, 0.6) is 0 Å². The van der Waals surface area contributed by atoms with E-state index in [0.717, 1.165) is 0 Å². The first kappa shape index (κ1) is 9.84. The van der Waals surface area contributed by atoms with Crippen molar-refractivity contribution in [1.29, 1.82) is 0 Å². The van der Waals surface area contributed by atoms with Gasteiger partial charge in [0.1, 0.15) is 6.10 Å². The molecule has 0 aromatic rings. The Morgan fingerprint density at radius 2 is 2.00 bits per heavy atom. The third-order valence-corrected chi connectivity index (χ3v) is 1.00. The SMILES string of the molecule is CC(O)C(O)OCCCO. The minimum absolute atomic E-state index is 0.0343. The lowest BCUT2D eigenvalue weighted by Gasteiger charge is -2.13. The fraction of sp³-hybridized carbons (Fsp3) is 1.00. The molecule has 2 unspecified atom stereocenters. The summed E-state index contributed by atoms with van der Waals surface area (Å²) in [6, 6.07) is 0. The topological polar surface area (TPSA) is 69.9 Å². The summed E-state index contributed by atoms with van der Waals surface area (Å²) >= 11 is 0. The van der Waals surface area contributed by atoms with Gasteiger partial charge in [-0.1, -0.05) is 0 Å². The molecule has 2 atom stereocenters. The van der Waals surface area contributed by atoms with Crippen LogP contribution < -0.4 is 0 Å². The van der Waals surface area contributed by atoms with Crippen molar-refractivity contribution in [3.05, 3.63) is 0 Å². The Bertz CT molecular complexity index is 74.1. The second-order valence-electron chi connectivity index (χ2n) is 2.08. The molecule has 4 nitrogen and oxygen atoms in total. The lowest BCUT2D eigenvalue weighted by Crippen LogP contribution is -2.26. The van der Waals surface area contributed by atoms with E-state index in [9.17, 15) is 0 Å². The zero-order valence-electron chi connectivity index (χ0n) is 6.03. The molecule has 0 aromatic heterocycles. The Morgan fingerprint density at radius 3 is 2.40 bits per heavy atom. The summed E-state index contributed by atoms with van der Waals surface area (Å²) in [6.07, 6.45) is -1.53. The summed E-state index contributed by atoms with van der Waals surface area (Å²) in [4.78, 5) is 0. The molecule has 4 heteroatoms. The minimum Gasteiger partial charge on any atom is -0.396 e. The molecule has 0 bridgehead atoms. The Labute approximate surface area is 60.1 Å². The van der Waals surface area contributed by atoms with Gasteiger partial charge in [-0.05, 0) is 13.3 Å². The van der Waals surface area contributed by atoms with Crippen LogP contribution in [-0.4, -0.2) is 40.9 Å². The fourth-order valence-electron chi connectivity index (χ4n) is 0.408. The summed E-state index contributed by atoms with van der Waals surface area (Å²) in [5.74, 6) is 0. The van der Waals surface area contributed by atoms with E-state index in [1.165, 1.54) is 6.92 Å². The number of rotatable bonds is 5. The van der Waals surface area contributed by atoms with Crippen molar-refractivity contribution in [2.45, 2.75) is 25.7 Å². The van der Waals surface area contributed by atoms with Crippen LogP contribution in [0.1, 0.15) is 13.3 Å². The van der Waals surface area contributed by atoms with Crippen molar-refractivity contribution in [3.63, 3.8) is 0 Å². The number of hydrogen-bond acceptors (Lipinski definition) is 4. The van der Waals surface area contributed by atoms with Crippen molar-refractivity contribution in [1.82, 2.24) is 0 Å². The van der Waals surface area contributed by atoms with Crippen LogP contribution in [0.15, 0.2) is 0 Å². The first-order valence-corrected chi connectivity index (χ1v) is 3.27. The summed E-state index contributed by atoms with van der Waals surface area (Å²) in [7, 11) is 0. The molecule has 0 saturated carbocycles. The zero-order chi connectivity index (χ0) is 7.98. The highest BCUT2D eigenvalue weighted by Gasteiger charge is 2.09. The second-order valence-corrected chi connectivity index (χ2v) is 2.08. The van der Waals surface area contributed by atoms with Gasteiger partial charge in [0.2, 0.25) is 0 Å². The minimum atomic E-state index is -1.13. The molecule has 3 N–H and O–H groups in total. The van der Waals surface area contributed by atoms with Crippen LogP contribution in [-0.2, 0) is 4.74 Å². The van der Waals surface area contributed by atoms with E-state index in [-0.39, 0.29) is 13.2 Å². The molecule has 0 aromatic carbocycles. The highest BCUT2D eigenvalue weighted by Crippen LogP contribution is 1.94. The van der Waals surface area contributed by atoms with Crippen molar-refractivity contribution in [2.24, 2.45) is 0 Å². The first-order chi connectivity index (χ1) is 4.68. The van der Waals surface area contributed by atoms with Crippen LogP contribution >= 0.6 is 0 Å². The van der Waals surface area contributed by atoms with Gasteiger partial charge in [-0.3, -0.25) is 0 Å². The van der Waals surface area contributed by atoms with Crippen molar-refractivity contribution in [2.75, 3.05) is 13.2 Å². The molecule has 0 spiro atoms. The van der Waals surface area contributed by atoms with Crippen molar-refractivity contribution < 1.29 is 20.1 Å². The average molecular weight is 150 g/mol. The molecule has 0 amide bonds. The molecular weight excluding hydrogens is 136 g/mol. The Balaban J connectivity index is 3.13. The summed E-state index contributed by atoms with van der Waals surface area (Å²) in [6.45, 7) is 1.73. The summed E-state index contributed by atoms with van der Waals surface area (Å²) in [5.41, 5.74) is 0. The van der Waals surface area contributed by atoms with Gasteiger partial charge >= 0.3 is 0 Å². The first-order valence-electron chi connectivity index (χ1n) is 3.27. The number of ether oxygens (including phenoxy) is 1. The molecule has 0 aliphatic heterocycles.